The first-order valence-electron chi connectivity index (χ1n) is 8.06. The summed E-state index contributed by atoms with van der Waals surface area (Å²) >= 11 is 0. The summed E-state index contributed by atoms with van der Waals surface area (Å²) in [5, 5.41) is -0.218. The molecule has 1 nitrogen and oxygen atoms in total. The Morgan fingerprint density at radius 1 is 0.682 bits per heavy atom. The Morgan fingerprint density at radius 3 is 1.45 bits per heavy atom. The van der Waals surface area contributed by atoms with Gasteiger partial charge < -0.3 is 4.43 Å². The Hall–Kier alpha value is -1.17. The molecule has 2 aromatic carbocycles. The van der Waals surface area contributed by atoms with Gasteiger partial charge in [0.25, 0.3) is 0 Å². The van der Waals surface area contributed by atoms with E-state index in [-0.39, 0.29) is 5.22 Å². The number of hydrogen-bond donors (Lipinski definition) is 0. The lowest BCUT2D eigenvalue weighted by atomic mass is 10.1. The molecule has 1 aliphatic carbocycles. The zero-order valence-corrected chi connectivity index (χ0v) is 16.5. The monoisotopic (exact) mass is 326 g/mol. The van der Waals surface area contributed by atoms with Gasteiger partial charge in [0, 0.05) is 0 Å². The van der Waals surface area contributed by atoms with Gasteiger partial charge in [-0.2, -0.15) is 0 Å². The maximum absolute atomic E-state index is 7.00. The SMILES string of the molecule is C[Si](C)(C)OC1([Si](C)(C)C)c2ccccc2-c2ccccc21. The minimum atomic E-state index is -1.71. The van der Waals surface area contributed by atoms with Gasteiger partial charge in [0.1, 0.15) is 0 Å². The number of benzene rings is 2. The summed E-state index contributed by atoms with van der Waals surface area (Å²) in [4.78, 5) is 0. The van der Waals surface area contributed by atoms with Crippen molar-refractivity contribution in [3.8, 4) is 11.1 Å². The first kappa shape index (κ1) is 15.7. The van der Waals surface area contributed by atoms with E-state index in [0.717, 1.165) is 0 Å². The molecule has 0 amide bonds. The molecule has 0 N–H and O–H groups in total. The number of hydrogen-bond acceptors (Lipinski definition) is 1. The Balaban J connectivity index is 2.39. The molecule has 0 aromatic heterocycles. The molecule has 0 atom stereocenters. The summed E-state index contributed by atoms with van der Waals surface area (Å²) < 4.78 is 7.00. The largest absolute Gasteiger partial charge is 0.407 e. The third-order valence-electron chi connectivity index (χ3n) is 4.42. The highest BCUT2D eigenvalue weighted by atomic mass is 28.4. The molecule has 1 aliphatic rings. The minimum Gasteiger partial charge on any atom is -0.407 e. The van der Waals surface area contributed by atoms with E-state index >= 15 is 0 Å². The van der Waals surface area contributed by atoms with E-state index in [2.05, 4.69) is 87.8 Å². The van der Waals surface area contributed by atoms with Gasteiger partial charge in [0.2, 0.25) is 0 Å². The molecule has 22 heavy (non-hydrogen) atoms. The lowest BCUT2D eigenvalue weighted by Gasteiger charge is -2.46. The fourth-order valence-electron chi connectivity index (χ4n) is 3.73. The van der Waals surface area contributed by atoms with Crippen LogP contribution in [0.5, 0.6) is 0 Å². The molecule has 3 rings (SSSR count). The van der Waals surface area contributed by atoms with Gasteiger partial charge in [-0.3, -0.25) is 0 Å². The van der Waals surface area contributed by atoms with Crippen molar-refractivity contribution in [3.05, 3.63) is 59.7 Å². The topological polar surface area (TPSA) is 9.23 Å². The third-order valence-corrected chi connectivity index (χ3v) is 8.29. The molecule has 0 heterocycles. The summed E-state index contributed by atoms with van der Waals surface area (Å²) in [6, 6.07) is 17.7. The quantitative estimate of drug-likeness (QED) is 0.663. The predicted molar refractivity (Wildman–Crippen MR) is 100 cm³/mol. The van der Waals surface area contributed by atoms with Crippen LogP contribution in [0.1, 0.15) is 11.1 Å². The lowest BCUT2D eigenvalue weighted by Crippen LogP contribution is -2.55. The van der Waals surface area contributed by atoms with Crippen molar-refractivity contribution in [3.63, 3.8) is 0 Å². The van der Waals surface area contributed by atoms with Gasteiger partial charge in [-0.1, -0.05) is 68.2 Å². The highest BCUT2D eigenvalue weighted by Gasteiger charge is 2.54. The van der Waals surface area contributed by atoms with Crippen LogP contribution in [0, 0.1) is 0 Å². The molecule has 0 aliphatic heterocycles. The Bertz CT molecular complexity index is 662. The van der Waals surface area contributed by atoms with Gasteiger partial charge in [-0.05, 0) is 41.9 Å². The van der Waals surface area contributed by atoms with E-state index in [9.17, 15) is 0 Å². The second-order valence-corrected chi connectivity index (χ2v) is 17.9. The number of rotatable bonds is 3. The first-order chi connectivity index (χ1) is 10.2. The molecule has 3 heteroatoms. The lowest BCUT2D eigenvalue weighted by molar-refractivity contribution is 0.184. The molecule has 0 bridgehead atoms. The van der Waals surface area contributed by atoms with Gasteiger partial charge in [0.15, 0.2) is 8.32 Å². The minimum absolute atomic E-state index is 0.218. The standard InChI is InChI=1S/C19H26OSi2/c1-21(2,3)19(20-22(4,5)6)17-13-9-7-11-15(17)16-12-8-10-14-18(16)19/h7-14H,1-6H3. The van der Waals surface area contributed by atoms with Crippen molar-refractivity contribution in [2.24, 2.45) is 0 Å². The number of fused-ring (bicyclic) bond motifs is 3. The van der Waals surface area contributed by atoms with Gasteiger partial charge in [-0.15, -0.1) is 0 Å². The van der Waals surface area contributed by atoms with Gasteiger partial charge in [0.05, 0.1) is 13.3 Å². The zero-order chi connectivity index (χ0) is 16.2. The fourth-order valence-corrected chi connectivity index (χ4v) is 9.06. The molecule has 0 saturated heterocycles. The van der Waals surface area contributed by atoms with Crippen LogP contribution < -0.4 is 0 Å². The highest BCUT2D eigenvalue weighted by molar-refractivity contribution is 6.81. The van der Waals surface area contributed by atoms with Crippen LogP contribution in [-0.2, 0) is 9.65 Å². The molecule has 0 fully saturated rings. The van der Waals surface area contributed by atoms with Crippen molar-refractivity contribution in [1.29, 1.82) is 0 Å². The molecule has 0 spiro atoms. The molecular weight excluding hydrogens is 300 g/mol. The maximum Gasteiger partial charge on any atom is 0.185 e. The van der Waals surface area contributed by atoms with Crippen molar-refractivity contribution in [2.45, 2.75) is 44.5 Å². The normalized spacial score (nSPS) is 16.3. The van der Waals surface area contributed by atoms with E-state index < -0.39 is 16.4 Å². The van der Waals surface area contributed by atoms with Crippen LogP contribution >= 0.6 is 0 Å². The van der Waals surface area contributed by atoms with Gasteiger partial charge >= 0.3 is 0 Å². The summed E-state index contributed by atoms with van der Waals surface area (Å²) in [6.45, 7) is 14.2. The molecular formula is C19H26OSi2. The van der Waals surface area contributed by atoms with E-state index in [4.69, 9.17) is 4.43 Å². The molecule has 2 aromatic rings. The summed E-state index contributed by atoms with van der Waals surface area (Å²) in [5.74, 6) is 0. The first-order valence-corrected chi connectivity index (χ1v) is 15.0. The van der Waals surface area contributed by atoms with Crippen molar-refractivity contribution < 1.29 is 4.43 Å². The van der Waals surface area contributed by atoms with Crippen LogP contribution in [0.15, 0.2) is 48.5 Å². The zero-order valence-electron chi connectivity index (χ0n) is 14.5. The van der Waals surface area contributed by atoms with Crippen LogP contribution in [0.3, 0.4) is 0 Å². The van der Waals surface area contributed by atoms with Crippen molar-refractivity contribution >= 4 is 16.4 Å². The van der Waals surface area contributed by atoms with E-state index in [0.29, 0.717) is 0 Å². The van der Waals surface area contributed by atoms with Crippen LogP contribution in [0.4, 0.5) is 0 Å². The molecule has 0 saturated carbocycles. The Morgan fingerprint density at radius 2 is 1.09 bits per heavy atom. The fraction of sp³-hybridized carbons (Fsp3) is 0.368. The van der Waals surface area contributed by atoms with Crippen molar-refractivity contribution in [2.75, 3.05) is 0 Å². The average molecular weight is 327 g/mol. The summed E-state index contributed by atoms with van der Waals surface area (Å²) in [6.07, 6.45) is 0. The van der Waals surface area contributed by atoms with E-state index in [1.54, 1.807) is 0 Å². The maximum atomic E-state index is 7.00. The van der Waals surface area contributed by atoms with Crippen LogP contribution in [0.25, 0.3) is 11.1 Å². The van der Waals surface area contributed by atoms with Crippen molar-refractivity contribution in [1.82, 2.24) is 0 Å². The molecule has 116 valence electrons. The molecule has 0 unspecified atom stereocenters. The smallest absolute Gasteiger partial charge is 0.185 e. The predicted octanol–water partition coefficient (Wildman–Crippen LogP) is 5.64. The van der Waals surface area contributed by atoms with E-state index in [1.807, 2.05) is 0 Å². The van der Waals surface area contributed by atoms with Crippen LogP contribution in [-0.4, -0.2) is 16.4 Å². The Labute approximate surface area is 136 Å². The summed E-state index contributed by atoms with van der Waals surface area (Å²) in [7, 11) is -3.38. The third kappa shape index (κ3) is 2.23. The second-order valence-electron chi connectivity index (χ2n) is 8.24. The van der Waals surface area contributed by atoms with Gasteiger partial charge in [-0.25, -0.2) is 0 Å². The summed E-state index contributed by atoms with van der Waals surface area (Å²) in [5.41, 5.74) is 5.49. The Kier molecular flexibility index (Phi) is 3.51. The highest BCUT2D eigenvalue weighted by Crippen LogP contribution is 2.54. The second kappa shape index (κ2) is 4.91. The van der Waals surface area contributed by atoms with E-state index in [1.165, 1.54) is 22.3 Å². The van der Waals surface area contributed by atoms with Crippen LogP contribution in [0.2, 0.25) is 39.3 Å². The average Bonchev–Trinajstić information content (AvgIpc) is 2.70. The molecule has 0 radical (unpaired) electrons.